The summed E-state index contributed by atoms with van der Waals surface area (Å²) >= 11 is 0. The first-order chi connectivity index (χ1) is 7.14. The van der Waals surface area contributed by atoms with E-state index in [4.69, 9.17) is 9.84 Å². The fourth-order valence-electron chi connectivity index (χ4n) is 1.91. The molecule has 0 spiro atoms. The summed E-state index contributed by atoms with van der Waals surface area (Å²) in [5.41, 5.74) is -0.223. The van der Waals surface area contributed by atoms with Crippen molar-refractivity contribution in [3.63, 3.8) is 0 Å². The molecule has 0 heterocycles. The van der Waals surface area contributed by atoms with Gasteiger partial charge in [-0.15, -0.1) is 0 Å². The van der Waals surface area contributed by atoms with Crippen molar-refractivity contribution in [1.82, 2.24) is 5.32 Å². The zero-order valence-corrected chi connectivity index (χ0v) is 9.58. The van der Waals surface area contributed by atoms with E-state index in [1.165, 1.54) is 0 Å². The van der Waals surface area contributed by atoms with Gasteiger partial charge in [-0.2, -0.15) is 0 Å². The van der Waals surface area contributed by atoms with Gasteiger partial charge in [0.1, 0.15) is 0 Å². The smallest absolute Gasteiger partial charge is 0.226 e. The van der Waals surface area contributed by atoms with Gasteiger partial charge >= 0.3 is 0 Å². The molecule has 1 saturated carbocycles. The molecule has 1 amide bonds. The molecule has 1 aliphatic carbocycles. The highest BCUT2D eigenvalue weighted by Gasteiger charge is 2.43. The number of rotatable bonds is 6. The maximum absolute atomic E-state index is 11.9. The minimum absolute atomic E-state index is 0.00784. The molecule has 2 N–H and O–H groups in total. The van der Waals surface area contributed by atoms with Gasteiger partial charge < -0.3 is 15.2 Å². The molecule has 0 radical (unpaired) electrons. The second kappa shape index (κ2) is 5.47. The minimum Gasteiger partial charge on any atom is -0.394 e. The molecule has 88 valence electrons. The van der Waals surface area contributed by atoms with Crippen molar-refractivity contribution >= 4 is 5.91 Å². The summed E-state index contributed by atoms with van der Waals surface area (Å²) in [5.74, 6) is 0.0763. The van der Waals surface area contributed by atoms with Crippen LogP contribution in [0.25, 0.3) is 0 Å². The van der Waals surface area contributed by atoms with E-state index >= 15 is 0 Å². The molecule has 1 rings (SSSR count). The Balaban J connectivity index is 2.46. The largest absolute Gasteiger partial charge is 0.394 e. The Hall–Kier alpha value is -0.610. The van der Waals surface area contributed by atoms with Crippen molar-refractivity contribution in [1.29, 1.82) is 0 Å². The summed E-state index contributed by atoms with van der Waals surface area (Å²) in [7, 11) is 1.65. The Morgan fingerprint density at radius 2 is 2.27 bits per heavy atom. The fourth-order valence-corrected chi connectivity index (χ4v) is 1.91. The number of methoxy groups -OCH3 is 1. The highest BCUT2D eigenvalue weighted by molar-refractivity contribution is 5.83. The average molecular weight is 215 g/mol. The maximum atomic E-state index is 11.9. The van der Waals surface area contributed by atoms with E-state index in [-0.39, 0.29) is 24.0 Å². The quantitative estimate of drug-likeness (QED) is 0.685. The SMILES string of the molecule is COCCC1(C(=O)NC(C)CO)CCC1. The van der Waals surface area contributed by atoms with Gasteiger partial charge in [-0.1, -0.05) is 6.42 Å². The first-order valence-corrected chi connectivity index (χ1v) is 5.55. The van der Waals surface area contributed by atoms with Gasteiger partial charge in [0.05, 0.1) is 12.0 Å². The molecule has 0 aliphatic heterocycles. The van der Waals surface area contributed by atoms with Crippen molar-refractivity contribution in [2.45, 2.75) is 38.6 Å². The third-order valence-corrected chi connectivity index (χ3v) is 3.23. The first-order valence-electron chi connectivity index (χ1n) is 5.55. The predicted molar refractivity (Wildman–Crippen MR) is 57.5 cm³/mol. The number of nitrogens with one attached hydrogen (secondary N) is 1. The molecular weight excluding hydrogens is 194 g/mol. The van der Waals surface area contributed by atoms with Crippen LogP contribution < -0.4 is 5.32 Å². The number of aliphatic hydroxyl groups excluding tert-OH is 1. The molecule has 0 bridgehead atoms. The highest BCUT2D eigenvalue weighted by Crippen LogP contribution is 2.44. The van der Waals surface area contributed by atoms with Crippen LogP contribution in [0.1, 0.15) is 32.6 Å². The minimum atomic E-state index is -0.223. The number of hydrogen-bond donors (Lipinski definition) is 2. The summed E-state index contributed by atoms with van der Waals surface area (Å²) in [6.07, 6.45) is 3.79. The highest BCUT2D eigenvalue weighted by atomic mass is 16.5. The summed E-state index contributed by atoms with van der Waals surface area (Å²) in [5, 5.41) is 11.7. The number of hydrogen-bond acceptors (Lipinski definition) is 3. The lowest BCUT2D eigenvalue weighted by molar-refractivity contribution is -0.138. The van der Waals surface area contributed by atoms with Gasteiger partial charge in [0, 0.05) is 19.8 Å². The normalized spacial score (nSPS) is 20.5. The van der Waals surface area contributed by atoms with Gasteiger partial charge in [-0.05, 0) is 26.2 Å². The van der Waals surface area contributed by atoms with Crippen LogP contribution in [0, 0.1) is 5.41 Å². The molecule has 1 unspecified atom stereocenters. The topological polar surface area (TPSA) is 58.6 Å². The van der Waals surface area contributed by atoms with Crippen LogP contribution in [0.5, 0.6) is 0 Å². The van der Waals surface area contributed by atoms with Crippen molar-refractivity contribution in [2.75, 3.05) is 20.3 Å². The third-order valence-electron chi connectivity index (χ3n) is 3.23. The second-order valence-electron chi connectivity index (χ2n) is 4.43. The first kappa shape index (κ1) is 12.5. The van der Waals surface area contributed by atoms with Gasteiger partial charge in [-0.25, -0.2) is 0 Å². The molecule has 15 heavy (non-hydrogen) atoms. The number of amides is 1. The van der Waals surface area contributed by atoms with Crippen molar-refractivity contribution in [2.24, 2.45) is 5.41 Å². The number of aliphatic hydroxyl groups is 1. The van der Waals surface area contributed by atoms with E-state index < -0.39 is 0 Å². The number of carbonyl (C=O) groups is 1. The predicted octanol–water partition coefficient (Wildman–Crippen LogP) is 0.690. The van der Waals surface area contributed by atoms with E-state index in [9.17, 15) is 4.79 Å². The lowest BCUT2D eigenvalue weighted by atomic mass is 9.66. The van der Waals surface area contributed by atoms with Gasteiger partial charge in [-0.3, -0.25) is 4.79 Å². The summed E-state index contributed by atoms with van der Waals surface area (Å²) in [6.45, 7) is 2.42. The van der Waals surface area contributed by atoms with Crippen LogP contribution in [0.3, 0.4) is 0 Å². The van der Waals surface area contributed by atoms with Crippen LogP contribution in [0.15, 0.2) is 0 Å². The molecule has 1 fully saturated rings. The molecule has 4 nitrogen and oxygen atoms in total. The van der Waals surface area contributed by atoms with E-state index in [1.54, 1.807) is 14.0 Å². The fraction of sp³-hybridized carbons (Fsp3) is 0.909. The van der Waals surface area contributed by atoms with Gasteiger partial charge in [0.15, 0.2) is 0 Å². The second-order valence-corrected chi connectivity index (χ2v) is 4.43. The molecule has 1 atom stereocenters. The lowest BCUT2D eigenvalue weighted by Crippen LogP contribution is -2.49. The maximum Gasteiger partial charge on any atom is 0.226 e. The molecule has 1 aliphatic rings. The van der Waals surface area contributed by atoms with Crippen LogP contribution in [0.4, 0.5) is 0 Å². The van der Waals surface area contributed by atoms with Gasteiger partial charge in [0.25, 0.3) is 0 Å². The molecule has 0 aromatic carbocycles. The van der Waals surface area contributed by atoms with E-state index in [2.05, 4.69) is 5.32 Å². The van der Waals surface area contributed by atoms with Crippen molar-refractivity contribution < 1.29 is 14.6 Å². The Morgan fingerprint density at radius 3 is 2.67 bits per heavy atom. The van der Waals surface area contributed by atoms with E-state index in [0.29, 0.717) is 6.61 Å². The van der Waals surface area contributed by atoms with Crippen LogP contribution >= 0.6 is 0 Å². The zero-order valence-electron chi connectivity index (χ0n) is 9.58. The Labute approximate surface area is 91.0 Å². The molecule has 0 aromatic heterocycles. The van der Waals surface area contributed by atoms with Gasteiger partial charge in [0.2, 0.25) is 5.91 Å². The monoisotopic (exact) mass is 215 g/mol. The zero-order chi connectivity index (χ0) is 11.3. The summed E-state index contributed by atoms with van der Waals surface area (Å²) in [4.78, 5) is 11.9. The summed E-state index contributed by atoms with van der Waals surface area (Å²) < 4.78 is 5.03. The molecular formula is C11H21NO3. The third kappa shape index (κ3) is 2.92. The van der Waals surface area contributed by atoms with Crippen LogP contribution in [0.2, 0.25) is 0 Å². The Morgan fingerprint density at radius 1 is 1.60 bits per heavy atom. The molecule has 0 saturated heterocycles. The summed E-state index contributed by atoms with van der Waals surface area (Å²) in [6, 6.07) is -0.155. The standard InChI is InChI=1S/C11H21NO3/c1-9(8-13)12-10(14)11(4-3-5-11)6-7-15-2/h9,13H,3-8H2,1-2H3,(H,12,14). The lowest BCUT2D eigenvalue weighted by Gasteiger charge is -2.40. The number of carbonyl (C=O) groups excluding carboxylic acids is 1. The van der Waals surface area contributed by atoms with Crippen LogP contribution in [-0.2, 0) is 9.53 Å². The molecule has 0 aromatic rings. The van der Waals surface area contributed by atoms with E-state index in [0.717, 1.165) is 25.7 Å². The van der Waals surface area contributed by atoms with Crippen LogP contribution in [-0.4, -0.2) is 37.4 Å². The van der Waals surface area contributed by atoms with Crippen molar-refractivity contribution in [3.8, 4) is 0 Å². The Bertz CT molecular complexity index is 214. The van der Waals surface area contributed by atoms with E-state index in [1.807, 2.05) is 0 Å². The number of ether oxygens (including phenoxy) is 1. The Kier molecular flexibility index (Phi) is 4.54. The average Bonchev–Trinajstić information content (AvgIpc) is 2.16. The van der Waals surface area contributed by atoms with Crippen molar-refractivity contribution in [3.05, 3.63) is 0 Å². The molecule has 4 heteroatoms.